The van der Waals surface area contributed by atoms with E-state index in [4.69, 9.17) is 9.63 Å². The second kappa shape index (κ2) is 13.0. The largest absolute Gasteiger partial charge is 0.494 e. The summed E-state index contributed by atoms with van der Waals surface area (Å²) in [5, 5.41) is 3.18. The van der Waals surface area contributed by atoms with Crippen LogP contribution in [0.1, 0.15) is 57.4 Å². The van der Waals surface area contributed by atoms with Crippen molar-refractivity contribution >= 4 is 7.52 Å². The maximum Gasteiger partial charge on any atom is 0.350 e. The van der Waals surface area contributed by atoms with Gasteiger partial charge in [-0.3, -0.25) is 4.57 Å². The summed E-state index contributed by atoms with van der Waals surface area (Å²) in [6.45, 7) is 4.22. The van der Waals surface area contributed by atoms with E-state index < -0.39 is 7.52 Å². The summed E-state index contributed by atoms with van der Waals surface area (Å²) in [7, 11) is -3.80. The molecule has 0 radical (unpaired) electrons. The minimum atomic E-state index is -3.80. The lowest BCUT2D eigenvalue weighted by molar-refractivity contribution is 0.304. The molecule has 6 nitrogen and oxygen atoms in total. The van der Waals surface area contributed by atoms with Gasteiger partial charge >= 0.3 is 7.52 Å². The molecular weight excluding hydrogens is 339 g/mol. The van der Waals surface area contributed by atoms with E-state index in [2.05, 4.69) is 17.2 Å². The molecule has 0 spiro atoms. The summed E-state index contributed by atoms with van der Waals surface area (Å²) >= 11 is 0. The van der Waals surface area contributed by atoms with Crippen LogP contribution in [0.2, 0.25) is 0 Å². The first-order valence-corrected chi connectivity index (χ1v) is 11.0. The predicted molar refractivity (Wildman–Crippen MR) is 102 cm³/mol. The van der Waals surface area contributed by atoms with Gasteiger partial charge in [0.25, 0.3) is 0 Å². The molecule has 1 aromatic rings. The average Bonchev–Trinajstić information content (AvgIpc) is 2.62. The van der Waals surface area contributed by atoms with Gasteiger partial charge in [0.15, 0.2) is 0 Å². The molecule has 0 aliphatic rings. The van der Waals surface area contributed by atoms with Crippen LogP contribution in [0.3, 0.4) is 0 Å². The van der Waals surface area contributed by atoms with E-state index in [1.807, 2.05) is 24.3 Å². The van der Waals surface area contributed by atoms with Crippen LogP contribution in [0, 0.1) is 4.91 Å². The summed E-state index contributed by atoms with van der Waals surface area (Å²) in [5.74, 6) is 0.885. The van der Waals surface area contributed by atoms with E-state index in [0.717, 1.165) is 24.3 Å². The molecule has 0 bridgehead atoms. The lowest BCUT2D eigenvalue weighted by atomic mass is 10.1. The first kappa shape index (κ1) is 21.8. The van der Waals surface area contributed by atoms with Gasteiger partial charge in [0.2, 0.25) is 0 Å². The Bertz CT molecular complexity index is 522. The van der Waals surface area contributed by atoms with E-state index >= 15 is 0 Å². The fourth-order valence-corrected chi connectivity index (χ4v) is 3.11. The Kier molecular flexibility index (Phi) is 11.4. The number of ether oxygens (including phenoxy) is 1. The Balaban J connectivity index is 2.11. The predicted octanol–water partition coefficient (Wildman–Crippen LogP) is 4.86. The molecule has 0 saturated heterocycles. The first-order valence-electron chi connectivity index (χ1n) is 9.16. The van der Waals surface area contributed by atoms with E-state index in [1.165, 1.54) is 32.1 Å². The van der Waals surface area contributed by atoms with Crippen LogP contribution >= 0.6 is 7.52 Å². The third-order valence-corrected chi connectivity index (χ3v) is 5.10. The normalized spacial score (nSPS) is 13.4. The lowest BCUT2D eigenvalue weighted by Gasteiger charge is -2.08. The van der Waals surface area contributed by atoms with Crippen molar-refractivity contribution in [3.8, 4) is 5.75 Å². The zero-order chi connectivity index (χ0) is 18.4. The molecular formula is C18H31N2O4P. The highest BCUT2D eigenvalue weighted by atomic mass is 31.2. The summed E-state index contributed by atoms with van der Waals surface area (Å²) in [5.41, 5.74) is 1.12. The Hall–Kier alpha value is -1.23. The fourth-order valence-electron chi connectivity index (χ4n) is 2.46. The Morgan fingerprint density at radius 1 is 1.08 bits per heavy atom. The van der Waals surface area contributed by atoms with Crippen LogP contribution in [0.15, 0.2) is 29.2 Å². The van der Waals surface area contributed by atoms with Gasteiger partial charge in [0.1, 0.15) is 5.75 Å². The maximum atomic E-state index is 11.1. The van der Waals surface area contributed by atoms with Gasteiger partial charge in [-0.15, -0.1) is 4.91 Å². The number of unbranched alkanes of at least 4 members (excludes halogenated alkanes) is 5. The topological polar surface area (TPSA) is 88.0 Å². The van der Waals surface area contributed by atoms with Crippen molar-refractivity contribution in [3.63, 3.8) is 0 Å². The van der Waals surface area contributed by atoms with Crippen molar-refractivity contribution in [3.05, 3.63) is 34.7 Å². The van der Waals surface area contributed by atoms with Crippen molar-refractivity contribution in [2.45, 2.75) is 58.4 Å². The molecule has 1 aromatic carbocycles. The molecule has 1 rings (SSSR count). The van der Waals surface area contributed by atoms with Crippen LogP contribution in [0.5, 0.6) is 5.75 Å². The number of rotatable bonds is 15. The van der Waals surface area contributed by atoms with Crippen molar-refractivity contribution in [2.75, 3.05) is 19.3 Å². The zero-order valence-corrected chi connectivity index (χ0v) is 16.0. The smallest absolute Gasteiger partial charge is 0.350 e. The Morgan fingerprint density at radius 3 is 2.44 bits per heavy atom. The van der Waals surface area contributed by atoms with E-state index in [1.54, 1.807) is 0 Å². The van der Waals surface area contributed by atoms with Crippen LogP contribution in [-0.2, 0) is 11.1 Å². The lowest BCUT2D eigenvalue weighted by Crippen LogP contribution is -2.15. The summed E-state index contributed by atoms with van der Waals surface area (Å²) < 4.78 is 16.8. The number of nitrogens with one attached hydrogen (secondary N) is 1. The minimum absolute atomic E-state index is 0.0747. The number of benzene rings is 1. The van der Waals surface area contributed by atoms with Gasteiger partial charge in [-0.2, -0.15) is 0 Å². The third-order valence-electron chi connectivity index (χ3n) is 3.95. The number of hydrogen-bond donors (Lipinski definition) is 2. The van der Waals surface area contributed by atoms with Crippen LogP contribution in [0.4, 0.5) is 0 Å². The molecule has 0 fully saturated rings. The third kappa shape index (κ3) is 11.1. The highest BCUT2D eigenvalue weighted by molar-refractivity contribution is 7.56. The van der Waals surface area contributed by atoms with Crippen molar-refractivity contribution in [1.29, 1.82) is 0 Å². The molecule has 0 aliphatic carbocycles. The van der Waals surface area contributed by atoms with Gasteiger partial charge in [0.05, 0.1) is 6.61 Å². The second-order valence-electron chi connectivity index (χ2n) is 6.26. The van der Waals surface area contributed by atoms with Gasteiger partial charge in [0, 0.05) is 17.7 Å². The molecule has 0 aromatic heterocycles. The molecule has 0 aliphatic heterocycles. The maximum absolute atomic E-state index is 11.1. The SMILES string of the molecule is CCCCCCCCOc1ccc(CNCCCP(=O)(O)N=O)cc1. The number of nitroso groups, excluding NO2 is 1. The molecule has 7 heteroatoms. The van der Waals surface area contributed by atoms with E-state index in [0.29, 0.717) is 19.5 Å². The quantitative estimate of drug-likeness (QED) is 0.262. The molecule has 142 valence electrons. The Labute approximate surface area is 150 Å². The highest BCUT2D eigenvalue weighted by Crippen LogP contribution is 2.41. The standard InChI is InChI=1S/C18H31N2O4P/c1-2-3-4-5-6-7-14-24-18-11-9-17(10-12-18)16-19-13-8-15-25(22,23)20-21/h9-12,19H,2-8,13-16H2,1H3,(H,22,23). The summed E-state index contributed by atoms with van der Waals surface area (Å²) in [4.78, 5) is 21.4. The van der Waals surface area contributed by atoms with Crippen molar-refractivity contribution in [2.24, 2.45) is 4.95 Å². The van der Waals surface area contributed by atoms with Gasteiger partial charge in [-0.1, -0.05) is 51.2 Å². The average molecular weight is 370 g/mol. The zero-order valence-electron chi connectivity index (χ0n) is 15.2. The van der Waals surface area contributed by atoms with Gasteiger partial charge in [-0.05, 0) is 37.1 Å². The summed E-state index contributed by atoms with van der Waals surface area (Å²) in [6, 6.07) is 7.94. The van der Waals surface area contributed by atoms with Crippen LogP contribution in [-0.4, -0.2) is 24.2 Å². The van der Waals surface area contributed by atoms with E-state index in [-0.39, 0.29) is 6.16 Å². The van der Waals surface area contributed by atoms with Crippen molar-refractivity contribution < 1.29 is 14.2 Å². The van der Waals surface area contributed by atoms with Gasteiger partial charge in [-0.25, -0.2) is 0 Å². The van der Waals surface area contributed by atoms with Gasteiger partial charge < -0.3 is 14.9 Å². The molecule has 0 saturated carbocycles. The molecule has 0 heterocycles. The monoisotopic (exact) mass is 370 g/mol. The fraction of sp³-hybridized carbons (Fsp3) is 0.667. The molecule has 25 heavy (non-hydrogen) atoms. The molecule has 1 unspecified atom stereocenters. The number of nitrogens with zero attached hydrogens (tertiary/aromatic N) is 1. The highest BCUT2D eigenvalue weighted by Gasteiger charge is 2.16. The molecule has 2 N–H and O–H groups in total. The number of hydrogen-bond acceptors (Lipinski definition) is 4. The van der Waals surface area contributed by atoms with Crippen LogP contribution < -0.4 is 10.1 Å². The summed E-state index contributed by atoms with van der Waals surface area (Å²) in [6.07, 6.45) is 7.89. The second-order valence-corrected chi connectivity index (χ2v) is 8.20. The Morgan fingerprint density at radius 2 is 1.76 bits per heavy atom. The first-order chi connectivity index (χ1) is 12.1. The van der Waals surface area contributed by atoms with Crippen LogP contribution in [0.25, 0.3) is 0 Å². The minimum Gasteiger partial charge on any atom is -0.494 e. The van der Waals surface area contributed by atoms with E-state index in [9.17, 15) is 9.47 Å². The molecule has 1 atom stereocenters. The van der Waals surface area contributed by atoms with Crippen molar-refractivity contribution in [1.82, 2.24) is 5.32 Å². The molecule has 0 amide bonds.